The summed E-state index contributed by atoms with van der Waals surface area (Å²) in [5.74, 6) is -0.125. The highest BCUT2D eigenvalue weighted by atomic mass is 32.2. The summed E-state index contributed by atoms with van der Waals surface area (Å²) >= 11 is 0. The summed E-state index contributed by atoms with van der Waals surface area (Å²) in [6.07, 6.45) is 1.03. The van der Waals surface area contributed by atoms with Gasteiger partial charge in [0.1, 0.15) is 6.04 Å². The fourth-order valence-corrected chi connectivity index (χ4v) is 3.83. The first-order valence-electron chi connectivity index (χ1n) is 6.82. The molecule has 0 radical (unpaired) electrons. The number of anilines is 1. The second-order valence-corrected chi connectivity index (χ2v) is 6.99. The van der Waals surface area contributed by atoms with E-state index in [4.69, 9.17) is 0 Å². The molecule has 1 N–H and O–H groups in total. The first-order valence-corrected chi connectivity index (χ1v) is 8.48. The molecular weight excluding hydrogens is 276 g/mol. The summed E-state index contributed by atoms with van der Waals surface area (Å²) < 4.78 is 26.1. The Kier molecular flexibility index (Phi) is 4.45. The standard InChI is InChI=1S/C14H20N2O3S/c1-3-9-20(18,19)15-13-10-11(2)16(14(13)17)12-7-5-4-6-8-12/h4-8,11,13,15H,3,9-10H2,1-2H3. The van der Waals surface area contributed by atoms with Crippen molar-refractivity contribution in [3.05, 3.63) is 30.3 Å². The second-order valence-electron chi connectivity index (χ2n) is 5.12. The number of sulfonamides is 1. The van der Waals surface area contributed by atoms with Crippen molar-refractivity contribution in [2.75, 3.05) is 10.7 Å². The summed E-state index contributed by atoms with van der Waals surface area (Å²) in [5, 5.41) is 0. The van der Waals surface area contributed by atoms with Crippen molar-refractivity contribution in [2.45, 2.75) is 38.8 Å². The Balaban J connectivity index is 2.15. The van der Waals surface area contributed by atoms with E-state index < -0.39 is 16.1 Å². The molecule has 5 nitrogen and oxygen atoms in total. The van der Waals surface area contributed by atoms with Crippen molar-refractivity contribution in [1.29, 1.82) is 0 Å². The molecular formula is C14H20N2O3S. The van der Waals surface area contributed by atoms with E-state index in [0.717, 1.165) is 5.69 Å². The van der Waals surface area contributed by atoms with Gasteiger partial charge in [-0.25, -0.2) is 13.1 Å². The van der Waals surface area contributed by atoms with Crippen molar-refractivity contribution < 1.29 is 13.2 Å². The minimum absolute atomic E-state index is 0.0146. The van der Waals surface area contributed by atoms with Gasteiger partial charge in [-0.1, -0.05) is 25.1 Å². The van der Waals surface area contributed by atoms with Crippen LogP contribution in [0, 0.1) is 0 Å². The van der Waals surface area contributed by atoms with Gasteiger partial charge in [-0.05, 0) is 31.9 Å². The smallest absolute Gasteiger partial charge is 0.245 e. The summed E-state index contributed by atoms with van der Waals surface area (Å²) in [6.45, 7) is 3.73. The molecule has 0 aliphatic carbocycles. The lowest BCUT2D eigenvalue weighted by Crippen LogP contribution is -2.42. The first-order chi connectivity index (χ1) is 9.44. The molecule has 20 heavy (non-hydrogen) atoms. The van der Waals surface area contributed by atoms with Gasteiger partial charge in [-0.2, -0.15) is 0 Å². The highest BCUT2D eigenvalue weighted by molar-refractivity contribution is 7.89. The lowest BCUT2D eigenvalue weighted by atomic mass is 10.2. The quantitative estimate of drug-likeness (QED) is 0.895. The molecule has 0 aromatic heterocycles. The number of hydrogen-bond donors (Lipinski definition) is 1. The predicted octanol–water partition coefficient (Wildman–Crippen LogP) is 1.51. The Labute approximate surface area is 120 Å². The zero-order valence-corrected chi connectivity index (χ0v) is 12.6. The molecule has 2 rings (SSSR count). The van der Waals surface area contributed by atoms with E-state index in [9.17, 15) is 13.2 Å². The van der Waals surface area contributed by atoms with Crippen LogP contribution in [0.2, 0.25) is 0 Å². The third-order valence-corrected chi connectivity index (χ3v) is 4.97. The van der Waals surface area contributed by atoms with Crippen LogP contribution in [0.1, 0.15) is 26.7 Å². The molecule has 1 amide bonds. The molecule has 1 aromatic rings. The number of para-hydroxylation sites is 1. The van der Waals surface area contributed by atoms with E-state index in [-0.39, 0.29) is 17.7 Å². The van der Waals surface area contributed by atoms with Crippen LogP contribution >= 0.6 is 0 Å². The van der Waals surface area contributed by atoms with Gasteiger partial charge < -0.3 is 4.90 Å². The Bertz CT molecular complexity index is 571. The Morgan fingerprint density at radius 3 is 2.55 bits per heavy atom. The third-order valence-electron chi connectivity index (χ3n) is 3.38. The van der Waals surface area contributed by atoms with Crippen LogP contribution in [0.5, 0.6) is 0 Å². The molecule has 0 saturated carbocycles. The number of benzene rings is 1. The molecule has 1 aliphatic rings. The zero-order valence-electron chi connectivity index (χ0n) is 11.7. The molecule has 2 unspecified atom stereocenters. The Morgan fingerprint density at radius 2 is 1.95 bits per heavy atom. The maximum absolute atomic E-state index is 12.4. The van der Waals surface area contributed by atoms with Crippen LogP contribution in [0.25, 0.3) is 0 Å². The van der Waals surface area contributed by atoms with Crippen LogP contribution in [0.3, 0.4) is 0 Å². The predicted molar refractivity (Wildman–Crippen MR) is 79.0 cm³/mol. The van der Waals surface area contributed by atoms with Crippen LogP contribution in [-0.4, -0.2) is 32.2 Å². The van der Waals surface area contributed by atoms with Gasteiger partial charge in [-0.15, -0.1) is 0 Å². The third kappa shape index (κ3) is 3.19. The fourth-order valence-electron chi connectivity index (χ4n) is 2.55. The number of nitrogens with zero attached hydrogens (tertiary/aromatic N) is 1. The molecule has 0 bridgehead atoms. The van der Waals surface area contributed by atoms with Gasteiger partial charge in [0.15, 0.2) is 0 Å². The van der Waals surface area contributed by atoms with Gasteiger partial charge >= 0.3 is 0 Å². The number of hydrogen-bond acceptors (Lipinski definition) is 3. The maximum atomic E-state index is 12.4. The van der Waals surface area contributed by atoms with Crippen molar-refractivity contribution in [3.8, 4) is 0 Å². The van der Waals surface area contributed by atoms with Crippen molar-refractivity contribution in [1.82, 2.24) is 4.72 Å². The molecule has 1 heterocycles. The van der Waals surface area contributed by atoms with Gasteiger partial charge in [0.25, 0.3) is 0 Å². The summed E-state index contributed by atoms with van der Waals surface area (Å²) in [6, 6.07) is 8.67. The molecule has 2 atom stereocenters. The molecule has 0 spiro atoms. The lowest BCUT2D eigenvalue weighted by molar-refractivity contribution is -0.118. The monoisotopic (exact) mass is 296 g/mol. The number of amides is 1. The van der Waals surface area contributed by atoms with Gasteiger partial charge in [0.05, 0.1) is 5.75 Å². The van der Waals surface area contributed by atoms with E-state index in [2.05, 4.69) is 4.72 Å². The van der Waals surface area contributed by atoms with Crippen molar-refractivity contribution in [2.24, 2.45) is 0 Å². The van der Waals surface area contributed by atoms with Crippen LogP contribution in [-0.2, 0) is 14.8 Å². The number of carbonyl (C=O) groups excluding carboxylic acids is 1. The van der Waals surface area contributed by atoms with Gasteiger partial charge in [-0.3, -0.25) is 4.79 Å². The molecule has 1 aromatic carbocycles. The van der Waals surface area contributed by atoms with Gasteiger partial charge in [0, 0.05) is 11.7 Å². The van der Waals surface area contributed by atoms with E-state index >= 15 is 0 Å². The number of rotatable bonds is 5. The average Bonchev–Trinajstić information content (AvgIpc) is 2.64. The maximum Gasteiger partial charge on any atom is 0.245 e. The number of carbonyl (C=O) groups is 1. The summed E-state index contributed by atoms with van der Waals surface area (Å²) in [7, 11) is -3.37. The summed E-state index contributed by atoms with van der Waals surface area (Å²) in [4.78, 5) is 14.1. The molecule has 1 fully saturated rings. The fraction of sp³-hybridized carbons (Fsp3) is 0.500. The minimum atomic E-state index is -3.37. The molecule has 110 valence electrons. The van der Waals surface area contributed by atoms with Gasteiger partial charge in [0.2, 0.25) is 15.9 Å². The SMILES string of the molecule is CCCS(=O)(=O)NC1CC(C)N(c2ccccc2)C1=O. The van der Waals surface area contributed by atoms with E-state index in [0.29, 0.717) is 12.8 Å². The van der Waals surface area contributed by atoms with E-state index in [1.807, 2.05) is 37.3 Å². The molecule has 1 aliphatic heterocycles. The zero-order chi connectivity index (χ0) is 14.8. The van der Waals surface area contributed by atoms with Crippen LogP contribution in [0.4, 0.5) is 5.69 Å². The molecule has 6 heteroatoms. The Morgan fingerprint density at radius 1 is 1.30 bits per heavy atom. The van der Waals surface area contributed by atoms with Crippen molar-refractivity contribution in [3.63, 3.8) is 0 Å². The number of nitrogens with one attached hydrogen (secondary N) is 1. The minimum Gasteiger partial charge on any atom is -0.308 e. The highest BCUT2D eigenvalue weighted by Crippen LogP contribution is 2.26. The largest absolute Gasteiger partial charge is 0.308 e. The lowest BCUT2D eigenvalue weighted by Gasteiger charge is -2.21. The first kappa shape index (κ1) is 15.0. The van der Waals surface area contributed by atoms with E-state index in [1.165, 1.54) is 0 Å². The van der Waals surface area contributed by atoms with Crippen LogP contribution < -0.4 is 9.62 Å². The molecule has 1 saturated heterocycles. The van der Waals surface area contributed by atoms with Crippen molar-refractivity contribution >= 4 is 21.6 Å². The topological polar surface area (TPSA) is 66.5 Å². The van der Waals surface area contributed by atoms with E-state index in [1.54, 1.807) is 11.8 Å². The average molecular weight is 296 g/mol. The summed E-state index contributed by atoms with van der Waals surface area (Å²) in [5.41, 5.74) is 0.808. The highest BCUT2D eigenvalue weighted by Gasteiger charge is 2.39. The second kappa shape index (κ2) is 5.93. The normalized spacial score (nSPS) is 23.3. The Hall–Kier alpha value is -1.40. The van der Waals surface area contributed by atoms with Crippen LogP contribution in [0.15, 0.2) is 30.3 Å².